The van der Waals surface area contributed by atoms with E-state index >= 15 is 0 Å². The Balaban J connectivity index is 1.59. The molecule has 2 heterocycles. The Labute approximate surface area is 153 Å². The number of anilines is 2. The quantitative estimate of drug-likeness (QED) is 0.914. The summed E-state index contributed by atoms with van der Waals surface area (Å²) in [4.78, 5) is 26.9. The summed E-state index contributed by atoms with van der Waals surface area (Å²) in [7, 11) is 0. The number of carbonyl (C=O) groups excluding carboxylic acids is 2. The molecule has 0 aromatic heterocycles. The van der Waals surface area contributed by atoms with Crippen LogP contribution in [-0.4, -0.2) is 25.0 Å². The topological polar surface area (TPSA) is 58.6 Å². The summed E-state index contributed by atoms with van der Waals surface area (Å²) in [5.41, 5.74) is 4.56. The van der Waals surface area contributed by atoms with E-state index in [-0.39, 0.29) is 17.7 Å². The molecule has 2 amide bonds. The number of hydrogen-bond donors (Lipinski definition) is 1. The lowest BCUT2D eigenvalue weighted by atomic mass is 9.96. The van der Waals surface area contributed by atoms with Crippen LogP contribution in [0.1, 0.15) is 47.7 Å². The Morgan fingerprint density at radius 2 is 2.04 bits per heavy atom. The van der Waals surface area contributed by atoms with Crippen molar-refractivity contribution in [3.63, 3.8) is 0 Å². The minimum atomic E-state index is -0.162. The van der Waals surface area contributed by atoms with E-state index in [1.807, 2.05) is 30.9 Å². The molecule has 2 aliphatic heterocycles. The van der Waals surface area contributed by atoms with Gasteiger partial charge in [0.1, 0.15) is 5.75 Å². The summed E-state index contributed by atoms with van der Waals surface area (Å²) in [6.45, 7) is 5.25. The first-order valence-corrected chi connectivity index (χ1v) is 9.11. The zero-order valence-electron chi connectivity index (χ0n) is 15.0. The van der Waals surface area contributed by atoms with Gasteiger partial charge in [-0.1, -0.05) is 0 Å². The Hall–Kier alpha value is -2.82. The average Bonchev–Trinajstić information content (AvgIpc) is 2.89. The number of hydrogen-bond acceptors (Lipinski definition) is 3. The fraction of sp³-hybridized carbons (Fsp3) is 0.333. The van der Waals surface area contributed by atoms with Crippen LogP contribution < -0.4 is 15.0 Å². The number of carbonyl (C=O) groups is 2. The molecular formula is C21H22N2O3. The number of aryl methyl sites for hydroxylation is 1. The van der Waals surface area contributed by atoms with Crippen molar-refractivity contribution in [2.24, 2.45) is 0 Å². The largest absolute Gasteiger partial charge is 0.494 e. The number of ether oxygens (including phenoxy) is 1. The molecular weight excluding hydrogens is 328 g/mol. The smallest absolute Gasteiger partial charge is 0.255 e. The summed E-state index contributed by atoms with van der Waals surface area (Å²) in [6, 6.07) is 11.0. The van der Waals surface area contributed by atoms with Crippen LogP contribution in [0.4, 0.5) is 11.4 Å². The third-order valence-corrected chi connectivity index (χ3v) is 5.10. The van der Waals surface area contributed by atoms with Gasteiger partial charge in [-0.05, 0) is 74.2 Å². The number of amides is 2. The van der Waals surface area contributed by atoms with Crippen LogP contribution in [-0.2, 0) is 11.2 Å². The first kappa shape index (κ1) is 16.6. The molecule has 134 valence electrons. The van der Waals surface area contributed by atoms with Gasteiger partial charge in [0, 0.05) is 17.8 Å². The monoisotopic (exact) mass is 350 g/mol. The van der Waals surface area contributed by atoms with E-state index in [0.717, 1.165) is 47.6 Å². The maximum Gasteiger partial charge on any atom is 0.255 e. The molecule has 0 aliphatic carbocycles. The van der Waals surface area contributed by atoms with E-state index in [2.05, 4.69) is 5.32 Å². The van der Waals surface area contributed by atoms with Crippen molar-refractivity contribution in [2.45, 2.75) is 32.6 Å². The van der Waals surface area contributed by atoms with Crippen LogP contribution in [0.3, 0.4) is 0 Å². The van der Waals surface area contributed by atoms with Crippen LogP contribution in [0, 0.1) is 0 Å². The Kier molecular flexibility index (Phi) is 4.15. The van der Waals surface area contributed by atoms with Gasteiger partial charge in [-0.2, -0.15) is 0 Å². The molecule has 2 aromatic rings. The van der Waals surface area contributed by atoms with Crippen molar-refractivity contribution < 1.29 is 14.3 Å². The summed E-state index contributed by atoms with van der Waals surface area (Å²) in [6.07, 6.45) is 1.90. The molecule has 1 N–H and O–H groups in total. The predicted molar refractivity (Wildman–Crippen MR) is 101 cm³/mol. The predicted octanol–water partition coefficient (Wildman–Crippen LogP) is 3.73. The van der Waals surface area contributed by atoms with Gasteiger partial charge in [-0.25, -0.2) is 0 Å². The van der Waals surface area contributed by atoms with Gasteiger partial charge >= 0.3 is 0 Å². The number of nitrogens with one attached hydrogen (secondary N) is 1. The minimum absolute atomic E-state index is 0.149. The molecule has 0 saturated heterocycles. The van der Waals surface area contributed by atoms with Crippen molar-refractivity contribution in [1.82, 2.24) is 0 Å². The summed E-state index contributed by atoms with van der Waals surface area (Å²) in [5, 5.41) is 2.98. The molecule has 5 heteroatoms. The highest BCUT2D eigenvalue weighted by Crippen LogP contribution is 2.44. The van der Waals surface area contributed by atoms with E-state index in [1.54, 1.807) is 24.3 Å². The number of rotatable bonds is 4. The van der Waals surface area contributed by atoms with Crippen molar-refractivity contribution in [3.8, 4) is 5.75 Å². The highest BCUT2D eigenvalue weighted by Gasteiger charge is 2.37. The standard InChI is InChI=1S/C21H22N2O3/c1-3-26-17-8-6-14(7-9-17)20(24)22-16-11-15-5-4-10-23-19(15)18(12-16)13(2)21(23)25/h6-9,11-13H,3-5,10H2,1-2H3,(H,22,24)/t13-/m1/s1. The highest BCUT2D eigenvalue weighted by molar-refractivity contribution is 6.08. The molecule has 0 fully saturated rings. The van der Waals surface area contributed by atoms with Gasteiger partial charge < -0.3 is 15.0 Å². The molecule has 1 atom stereocenters. The molecule has 0 saturated carbocycles. The van der Waals surface area contributed by atoms with Gasteiger partial charge in [0.05, 0.1) is 18.2 Å². The molecule has 0 spiro atoms. The zero-order chi connectivity index (χ0) is 18.3. The fourth-order valence-electron chi connectivity index (χ4n) is 3.84. The van der Waals surface area contributed by atoms with E-state index in [0.29, 0.717) is 12.2 Å². The summed E-state index contributed by atoms with van der Waals surface area (Å²) < 4.78 is 5.41. The lowest BCUT2D eigenvalue weighted by Crippen LogP contribution is -2.32. The van der Waals surface area contributed by atoms with Gasteiger partial charge in [0.2, 0.25) is 5.91 Å². The second-order valence-electron chi connectivity index (χ2n) is 6.80. The molecule has 26 heavy (non-hydrogen) atoms. The molecule has 2 aliphatic rings. The maximum absolute atomic E-state index is 12.6. The van der Waals surface area contributed by atoms with Gasteiger partial charge in [-0.3, -0.25) is 9.59 Å². The zero-order valence-corrected chi connectivity index (χ0v) is 15.0. The van der Waals surface area contributed by atoms with E-state index in [1.165, 1.54) is 0 Å². The van der Waals surface area contributed by atoms with Crippen molar-refractivity contribution in [1.29, 1.82) is 0 Å². The lowest BCUT2D eigenvalue weighted by Gasteiger charge is -2.26. The van der Waals surface area contributed by atoms with Crippen LogP contribution in [0.25, 0.3) is 0 Å². The molecule has 5 nitrogen and oxygen atoms in total. The van der Waals surface area contributed by atoms with Crippen molar-refractivity contribution in [3.05, 3.63) is 53.1 Å². The third-order valence-electron chi connectivity index (χ3n) is 5.10. The number of nitrogens with zero attached hydrogens (tertiary/aromatic N) is 1. The lowest BCUT2D eigenvalue weighted by molar-refractivity contribution is -0.119. The normalized spacial score (nSPS) is 17.8. The molecule has 0 unspecified atom stereocenters. The number of benzene rings is 2. The van der Waals surface area contributed by atoms with E-state index < -0.39 is 0 Å². The van der Waals surface area contributed by atoms with E-state index in [4.69, 9.17) is 4.74 Å². The molecule has 0 radical (unpaired) electrons. The Morgan fingerprint density at radius 1 is 1.27 bits per heavy atom. The SMILES string of the molecule is CCOc1ccc(C(=O)Nc2cc3c4c(c2)[C@@H](C)C(=O)N4CCC3)cc1. The Morgan fingerprint density at radius 3 is 2.77 bits per heavy atom. The third kappa shape index (κ3) is 2.73. The Bertz CT molecular complexity index is 874. The van der Waals surface area contributed by atoms with Crippen LogP contribution >= 0.6 is 0 Å². The molecule has 0 bridgehead atoms. The maximum atomic E-state index is 12.6. The van der Waals surface area contributed by atoms with E-state index in [9.17, 15) is 9.59 Å². The first-order valence-electron chi connectivity index (χ1n) is 9.11. The van der Waals surface area contributed by atoms with Crippen LogP contribution in [0.5, 0.6) is 5.75 Å². The second kappa shape index (κ2) is 6.48. The average molecular weight is 350 g/mol. The second-order valence-corrected chi connectivity index (χ2v) is 6.80. The summed E-state index contributed by atoms with van der Waals surface area (Å²) in [5.74, 6) is 0.600. The molecule has 4 rings (SSSR count). The highest BCUT2D eigenvalue weighted by atomic mass is 16.5. The first-order chi connectivity index (χ1) is 12.6. The van der Waals surface area contributed by atoms with Gasteiger partial charge in [-0.15, -0.1) is 0 Å². The minimum Gasteiger partial charge on any atom is -0.494 e. The van der Waals surface area contributed by atoms with Crippen molar-refractivity contribution >= 4 is 23.2 Å². The van der Waals surface area contributed by atoms with Crippen LogP contribution in [0.2, 0.25) is 0 Å². The van der Waals surface area contributed by atoms with Gasteiger partial charge in [0.25, 0.3) is 5.91 Å². The fourth-order valence-corrected chi connectivity index (χ4v) is 3.84. The molecule has 2 aromatic carbocycles. The van der Waals surface area contributed by atoms with Gasteiger partial charge in [0.15, 0.2) is 0 Å². The van der Waals surface area contributed by atoms with Crippen LogP contribution in [0.15, 0.2) is 36.4 Å². The summed E-state index contributed by atoms with van der Waals surface area (Å²) >= 11 is 0. The van der Waals surface area contributed by atoms with Crippen molar-refractivity contribution in [2.75, 3.05) is 23.4 Å².